The summed E-state index contributed by atoms with van der Waals surface area (Å²) in [7, 11) is 0. The van der Waals surface area contributed by atoms with Crippen LogP contribution in [-0.2, 0) is 0 Å². The van der Waals surface area contributed by atoms with Crippen LogP contribution in [0.15, 0.2) is 48.5 Å². The quantitative estimate of drug-likeness (QED) is 0.572. The molecule has 0 spiro atoms. The van der Waals surface area contributed by atoms with E-state index in [0.29, 0.717) is 10.5 Å². The van der Waals surface area contributed by atoms with Crippen LogP contribution in [0.5, 0.6) is 5.88 Å². The average Bonchev–Trinajstić information content (AvgIpc) is 2.97. The Morgan fingerprint density at radius 3 is 2.80 bits per heavy atom. The van der Waals surface area contributed by atoms with Gasteiger partial charge in [-0.3, -0.25) is 4.57 Å². The molecular weight excluding hydrogens is 275 g/mol. The van der Waals surface area contributed by atoms with Gasteiger partial charge in [0.15, 0.2) is 11.0 Å². The molecule has 0 radical (unpaired) electrons. The predicted molar refractivity (Wildman–Crippen MR) is 78.1 cm³/mol. The first-order valence-electron chi connectivity index (χ1n) is 6.08. The van der Waals surface area contributed by atoms with E-state index in [2.05, 4.69) is 4.98 Å². The van der Waals surface area contributed by atoms with Crippen LogP contribution in [0.2, 0.25) is 0 Å². The van der Waals surface area contributed by atoms with Crippen LogP contribution in [0.25, 0.3) is 26.3 Å². The normalized spacial score (nSPS) is 11.4. The number of halogens is 1. The van der Waals surface area contributed by atoms with Gasteiger partial charge in [0, 0.05) is 11.5 Å². The van der Waals surface area contributed by atoms with Gasteiger partial charge in [0.2, 0.25) is 0 Å². The van der Waals surface area contributed by atoms with E-state index in [-0.39, 0.29) is 11.7 Å². The molecule has 0 saturated carbocycles. The highest BCUT2D eigenvalue weighted by atomic mass is 32.1. The Bertz CT molecular complexity index is 909. The van der Waals surface area contributed by atoms with Gasteiger partial charge in [0.1, 0.15) is 5.82 Å². The molecular formula is C15H9FN2OS. The molecule has 2 aromatic carbocycles. The van der Waals surface area contributed by atoms with Gasteiger partial charge in [-0.25, -0.2) is 9.37 Å². The summed E-state index contributed by atoms with van der Waals surface area (Å²) in [5.41, 5.74) is 1.62. The third-order valence-electron chi connectivity index (χ3n) is 3.22. The first-order chi connectivity index (χ1) is 9.72. The average molecular weight is 284 g/mol. The van der Waals surface area contributed by atoms with Gasteiger partial charge >= 0.3 is 0 Å². The molecule has 0 fully saturated rings. The van der Waals surface area contributed by atoms with Crippen molar-refractivity contribution in [3.05, 3.63) is 54.3 Å². The van der Waals surface area contributed by atoms with Gasteiger partial charge in [0.25, 0.3) is 0 Å². The monoisotopic (exact) mass is 284 g/mol. The third kappa shape index (κ3) is 1.60. The Morgan fingerprint density at radius 1 is 1.10 bits per heavy atom. The molecule has 0 unspecified atom stereocenters. The highest BCUT2D eigenvalue weighted by molar-refractivity contribution is 7.20. The number of hydrogen-bond acceptors (Lipinski definition) is 3. The molecule has 1 N–H and O–H groups in total. The van der Waals surface area contributed by atoms with E-state index in [1.807, 2.05) is 24.3 Å². The van der Waals surface area contributed by atoms with Crippen LogP contribution in [0.4, 0.5) is 4.39 Å². The number of aromatic hydroxyl groups is 1. The molecule has 0 saturated heterocycles. The SMILES string of the molecule is Oc1cc2cc(F)ccc2n1-c1nc2ccccc2s1. The van der Waals surface area contributed by atoms with Crippen molar-refractivity contribution in [3.63, 3.8) is 0 Å². The van der Waals surface area contributed by atoms with Crippen molar-refractivity contribution in [3.8, 4) is 11.0 Å². The fraction of sp³-hybridized carbons (Fsp3) is 0. The fourth-order valence-electron chi connectivity index (χ4n) is 2.33. The Kier molecular flexibility index (Phi) is 2.31. The topological polar surface area (TPSA) is 38.0 Å². The number of hydrogen-bond donors (Lipinski definition) is 1. The number of rotatable bonds is 1. The zero-order chi connectivity index (χ0) is 13.7. The second-order valence-electron chi connectivity index (χ2n) is 4.51. The summed E-state index contributed by atoms with van der Waals surface area (Å²) >= 11 is 1.49. The summed E-state index contributed by atoms with van der Waals surface area (Å²) < 4.78 is 15.9. The van der Waals surface area contributed by atoms with Gasteiger partial charge in [-0.15, -0.1) is 0 Å². The predicted octanol–water partition coefficient (Wildman–Crippen LogP) is 4.08. The Hall–Kier alpha value is -2.40. The lowest BCUT2D eigenvalue weighted by molar-refractivity contribution is 0.445. The molecule has 2 heterocycles. The van der Waals surface area contributed by atoms with E-state index in [1.54, 1.807) is 16.7 Å². The molecule has 0 aliphatic heterocycles. The number of thiazole rings is 1. The summed E-state index contributed by atoms with van der Waals surface area (Å²) in [6.07, 6.45) is 0. The van der Waals surface area contributed by atoms with Crippen molar-refractivity contribution in [2.45, 2.75) is 0 Å². The van der Waals surface area contributed by atoms with Crippen LogP contribution in [-0.4, -0.2) is 14.7 Å². The summed E-state index contributed by atoms with van der Waals surface area (Å²) in [6, 6.07) is 13.8. The molecule has 0 aliphatic carbocycles. The summed E-state index contributed by atoms with van der Waals surface area (Å²) in [4.78, 5) is 4.52. The van der Waals surface area contributed by atoms with Gasteiger partial charge < -0.3 is 5.11 Å². The largest absolute Gasteiger partial charge is 0.494 e. The van der Waals surface area contributed by atoms with Gasteiger partial charge in [-0.2, -0.15) is 0 Å². The van der Waals surface area contributed by atoms with Crippen molar-refractivity contribution in [1.82, 2.24) is 9.55 Å². The second kappa shape index (κ2) is 4.05. The Labute approximate surface area is 117 Å². The van der Waals surface area contributed by atoms with Crippen molar-refractivity contribution in [2.75, 3.05) is 0 Å². The summed E-state index contributed by atoms with van der Waals surface area (Å²) in [6.45, 7) is 0. The lowest BCUT2D eigenvalue weighted by Gasteiger charge is -2.01. The lowest BCUT2D eigenvalue weighted by atomic mass is 10.2. The number of para-hydroxylation sites is 1. The second-order valence-corrected chi connectivity index (χ2v) is 5.51. The molecule has 0 amide bonds. The Morgan fingerprint density at radius 2 is 1.95 bits per heavy atom. The maximum Gasteiger partial charge on any atom is 0.198 e. The number of nitrogens with zero attached hydrogens (tertiary/aromatic N) is 2. The third-order valence-corrected chi connectivity index (χ3v) is 4.24. The smallest absolute Gasteiger partial charge is 0.198 e. The van der Waals surface area contributed by atoms with Gasteiger partial charge in [0.05, 0.1) is 15.7 Å². The number of fused-ring (bicyclic) bond motifs is 2. The summed E-state index contributed by atoms with van der Waals surface area (Å²) in [5, 5.41) is 11.4. The minimum Gasteiger partial charge on any atom is -0.494 e. The first-order valence-corrected chi connectivity index (χ1v) is 6.90. The molecule has 4 aromatic rings. The van der Waals surface area contributed by atoms with E-state index in [0.717, 1.165) is 15.7 Å². The summed E-state index contributed by atoms with van der Waals surface area (Å²) in [5.74, 6) is -0.261. The molecule has 0 atom stereocenters. The zero-order valence-corrected chi connectivity index (χ0v) is 11.1. The molecule has 4 rings (SSSR count). The minimum absolute atomic E-state index is 0.0599. The molecule has 20 heavy (non-hydrogen) atoms. The van der Waals surface area contributed by atoms with E-state index in [9.17, 15) is 9.50 Å². The standard InChI is InChI=1S/C15H9FN2OS/c16-10-5-6-12-9(7-10)8-14(19)18(12)15-17-11-3-1-2-4-13(11)20-15/h1-8,19H. The maximum atomic E-state index is 13.2. The van der Waals surface area contributed by atoms with Crippen molar-refractivity contribution in [2.24, 2.45) is 0 Å². The van der Waals surface area contributed by atoms with Crippen molar-refractivity contribution >= 4 is 32.5 Å². The minimum atomic E-state index is -0.320. The fourth-order valence-corrected chi connectivity index (χ4v) is 3.32. The molecule has 2 aromatic heterocycles. The molecule has 3 nitrogen and oxygen atoms in total. The lowest BCUT2D eigenvalue weighted by Crippen LogP contribution is -1.91. The molecule has 0 aliphatic rings. The van der Waals surface area contributed by atoms with Crippen LogP contribution >= 0.6 is 11.3 Å². The van der Waals surface area contributed by atoms with Crippen molar-refractivity contribution in [1.29, 1.82) is 0 Å². The van der Waals surface area contributed by atoms with Crippen LogP contribution < -0.4 is 0 Å². The first kappa shape index (κ1) is 11.4. The van der Waals surface area contributed by atoms with E-state index < -0.39 is 0 Å². The van der Waals surface area contributed by atoms with Gasteiger partial charge in [-0.05, 0) is 30.3 Å². The van der Waals surface area contributed by atoms with Gasteiger partial charge in [-0.1, -0.05) is 23.5 Å². The molecule has 98 valence electrons. The number of benzene rings is 2. The molecule has 0 bridgehead atoms. The van der Waals surface area contributed by atoms with Crippen LogP contribution in [0, 0.1) is 5.82 Å². The van der Waals surface area contributed by atoms with Crippen molar-refractivity contribution < 1.29 is 9.50 Å². The maximum absolute atomic E-state index is 13.2. The van der Waals surface area contributed by atoms with E-state index in [1.165, 1.54) is 23.5 Å². The zero-order valence-electron chi connectivity index (χ0n) is 10.2. The molecule has 5 heteroatoms. The highest BCUT2D eigenvalue weighted by Crippen LogP contribution is 2.33. The Balaban J connectivity index is 2.03. The van der Waals surface area contributed by atoms with E-state index >= 15 is 0 Å². The van der Waals surface area contributed by atoms with E-state index in [4.69, 9.17) is 0 Å². The number of aromatic nitrogens is 2. The van der Waals surface area contributed by atoms with Crippen LogP contribution in [0.1, 0.15) is 0 Å². The highest BCUT2D eigenvalue weighted by Gasteiger charge is 2.13. The van der Waals surface area contributed by atoms with Crippen LogP contribution in [0.3, 0.4) is 0 Å².